The summed E-state index contributed by atoms with van der Waals surface area (Å²) in [5, 5.41) is 17.5. The van der Waals surface area contributed by atoms with Gasteiger partial charge in [0.05, 0.1) is 23.0 Å². The molecular weight excluding hydrogens is 374 g/mol. The van der Waals surface area contributed by atoms with E-state index in [-0.39, 0.29) is 6.04 Å². The van der Waals surface area contributed by atoms with Crippen LogP contribution in [0.4, 0.5) is 5.69 Å². The van der Waals surface area contributed by atoms with E-state index in [9.17, 15) is 4.79 Å². The molecule has 1 aromatic heterocycles. The fourth-order valence-corrected chi connectivity index (χ4v) is 4.25. The van der Waals surface area contributed by atoms with Gasteiger partial charge in [-0.2, -0.15) is 5.10 Å². The van der Waals surface area contributed by atoms with E-state index in [4.69, 9.17) is 10.2 Å². The highest BCUT2D eigenvalue weighted by Crippen LogP contribution is 2.30. The van der Waals surface area contributed by atoms with Crippen LogP contribution in [0.25, 0.3) is 5.69 Å². The molecule has 5 heteroatoms. The van der Waals surface area contributed by atoms with Gasteiger partial charge in [0, 0.05) is 11.9 Å². The molecule has 0 saturated carbocycles. The van der Waals surface area contributed by atoms with Gasteiger partial charge in [-0.3, -0.25) is 0 Å². The summed E-state index contributed by atoms with van der Waals surface area (Å²) in [6.45, 7) is 6.53. The van der Waals surface area contributed by atoms with Gasteiger partial charge in [0.15, 0.2) is 0 Å². The minimum absolute atomic E-state index is 0.126. The number of nitrogens with one attached hydrogen (secondary N) is 1. The summed E-state index contributed by atoms with van der Waals surface area (Å²) in [4.78, 5) is 11.1. The topological polar surface area (TPSA) is 67.2 Å². The molecule has 1 heterocycles. The zero-order valence-corrected chi connectivity index (χ0v) is 17.9. The van der Waals surface area contributed by atoms with Gasteiger partial charge < -0.3 is 10.4 Å². The smallest absolute Gasteiger partial charge is 0.335 e. The summed E-state index contributed by atoms with van der Waals surface area (Å²) in [7, 11) is 0. The van der Waals surface area contributed by atoms with E-state index < -0.39 is 5.97 Å². The summed E-state index contributed by atoms with van der Waals surface area (Å²) >= 11 is 0. The lowest BCUT2D eigenvalue weighted by molar-refractivity contribution is 0.0697. The van der Waals surface area contributed by atoms with Crippen LogP contribution in [-0.2, 0) is 12.8 Å². The Hall–Kier alpha value is -3.08. The number of benzene rings is 2. The Labute approximate surface area is 177 Å². The van der Waals surface area contributed by atoms with Crippen LogP contribution in [0.5, 0.6) is 0 Å². The Balaban J connectivity index is 1.59. The molecule has 0 bridgehead atoms. The molecular formula is C25H29N3O2. The van der Waals surface area contributed by atoms with Gasteiger partial charge >= 0.3 is 5.97 Å². The third kappa shape index (κ3) is 4.11. The van der Waals surface area contributed by atoms with Gasteiger partial charge in [0.25, 0.3) is 0 Å². The molecule has 3 aromatic rings. The maximum atomic E-state index is 11.1. The average Bonchev–Trinajstić information content (AvgIpc) is 3.17. The van der Waals surface area contributed by atoms with Crippen molar-refractivity contribution in [1.29, 1.82) is 0 Å². The Kier molecular flexibility index (Phi) is 5.62. The molecule has 156 valence electrons. The molecule has 1 aliphatic rings. The van der Waals surface area contributed by atoms with E-state index in [2.05, 4.69) is 50.5 Å². The van der Waals surface area contributed by atoms with Crippen molar-refractivity contribution in [1.82, 2.24) is 9.78 Å². The van der Waals surface area contributed by atoms with Gasteiger partial charge in [-0.05, 0) is 91.6 Å². The number of hydrogen-bond donors (Lipinski definition) is 2. The first-order valence-corrected chi connectivity index (χ1v) is 10.7. The first-order chi connectivity index (χ1) is 14.4. The predicted molar refractivity (Wildman–Crippen MR) is 120 cm³/mol. The molecule has 0 amide bonds. The number of fused-ring (bicyclic) bond motifs is 1. The van der Waals surface area contributed by atoms with Crippen LogP contribution in [0.15, 0.2) is 48.7 Å². The highest BCUT2D eigenvalue weighted by Gasteiger charge is 2.19. The lowest BCUT2D eigenvalue weighted by Gasteiger charge is -2.26. The largest absolute Gasteiger partial charge is 0.478 e. The number of carboxylic acids is 1. The maximum absolute atomic E-state index is 11.1. The SMILES string of the molecule is Cc1cc(-n2cc3c(n2)CCCC3)ccc1C(Nc1ccc(C(=O)O)cc1)C(C)C. The summed E-state index contributed by atoms with van der Waals surface area (Å²) in [6.07, 6.45) is 6.89. The molecule has 1 atom stereocenters. The molecule has 0 radical (unpaired) electrons. The summed E-state index contributed by atoms with van der Waals surface area (Å²) < 4.78 is 2.02. The van der Waals surface area contributed by atoms with Gasteiger partial charge in [0.2, 0.25) is 0 Å². The summed E-state index contributed by atoms with van der Waals surface area (Å²) in [5.41, 5.74) is 7.40. The molecule has 2 aromatic carbocycles. The van der Waals surface area contributed by atoms with E-state index in [0.717, 1.165) is 24.2 Å². The molecule has 0 spiro atoms. The fourth-order valence-electron chi connectivity index (χ4n) is 4.25. The zero-order valence-electron chi connectivity index (χ0n) is 17.9. The minimum atomic E-state index is -0.909. The number of carboxylic acid groups (broad SMARTS) is 1. The van der Waals surface area contributed by atoms with E-state index in [1.807, 2.05) is 16.8 Å². The van der Waals surface area contributed by atoms with E-state index in [1.165, 1.54) is 35.2 Å². The van der Waals surface area contributed by atoms with Crippen molar-refractivity contribution in [3.05, 3.63) is 76.6 Å². The molecule has 4 rings (SSSR count). The zero-order chi connectivity index (χ0) is 21.3. The first kappa shape index (κ1) is 20.2. The molecule has 0 fully saturated rings. The highest BCUT2D eigenvalue weighted by atomic mass is 16.4. The second-order valence-corrected chi connectivity index (χ2v) is 8.54. The molecule has 0 saturated heterocycles. The summed E-state index contributed by atoms with van der Waals surface area (Å²) in [6, 6.07) is 13.6. The molecule has 1 aliphatic carbocycles. The predicted octanol–water partition coefficient (Wildman–Crippen LogP) is 5.57. The van der Waals surface area contributed by atoms with Crippen LogP contribution in [-0.4, -0.2) is 20.9 Å². The number of nitrogens with zero attached hydrogens (tertiary/aromatic N) is 2. The van der Waals surface area contributed by atoms with Crippen molar-refractivity contribution in [2.75, 3.05) is 5.32 Å². The van der Waals surface area contributed by atoms with Crippen molar-refractivity contribution < 1.29 is 9.90 Å². The number of carbonyl (C=O) groups is 1. The fraction of sp³-hybridized carbons (Fsp3) is 0.360. The molecule has 1 unspecified atom stereocenters. The van der Waals surface area contributed by atoms with Crippen LogP contribution < -0.4 is 5.32 Å². The highest BCUT2D eigenvalue weighted by molar-refractivity contribution is 5.88. The van der Waals surface area contributed by atoms with Gasteiger partial charge in [-0.15, -0.1) is 0 Å². The van der Waals surface area contributed by atoms with Crippen LogP contribution in [0.1, 0.15) is 65.5 Å². The van der Waals surface area contributed by atoms with Gasteiger partial charge in [0.1, 0.15) is 0 Å². The number of anilines is 1. The number of aromatic nitrogens is 2. The normalized spacial score (nSPS) is 14.4. The van der Waals surface area contributed by atoms with Gasteiger partial charge in [-0.1, -0.05) is 19.9 Å². The van der Waals surface area contributed by atoms with Crippen LogP contribution in [0.2, 0.25) is 0 Å². The molecule has 2 N–H and O–H groups in total. The van der Waals surface area contributed by atoms with Crippen LogP contribution in [0, 0.1) is 12.8 Å². The number of aryl methyl sites for hydroxylation is 3. The lowest BCUT2D eigenvalue weighted by atomic mass is 9.92. The lowest BCUT2D eigenvalue weighted by Crippen LogP contribution is -2.18. The maximum Gasteiger partial charge on any atom is 0.335 e. The van der Waals surface area contributed by atoms with Crippen LogP contribution in [0.3, 0.4) is 0 Å². The van der Waals surface area contributed by atoms with E-state index in [1.54, 1.807) is 12.1 Å². The van der Waals surface area contributed by atoms with Crippen molar-refractivity contribution >= 4 is 11.7 Å². The number of hydrogen-bond acceptors (Lipinski definition) is 3. The number of rotatable bonds is 6. The Morgan fingerprint density at radius 3 is 2.47 bits per heavy atom. The molecule has 30 heavy (non-hydrogen) atoms. The second kappa shape index (κ2) is 8.34. The van der Waals surface area contributed by atoms with Crippen LogP contribution >= 0.6 is 0 Å². The number of aromatic carboxylic acids is 1. The Morgan fingerprint density at radius 1 is 1.10 bits per heavy atom. The summed E-state index contributed by atoms with van der Waals surface area (Å²) in [5.74, 6) is -0.542. The van der Waals surface area contributed by atoms with Crippen molar-refractivity contribution in [3.63, 3.8) is 0 Å². The standard InChI is InChI=1S/C25H29N3O2/c1-16(2)24(26-20-10-8-18(9-11-20)25(29)30)22-13-12-21(14-17(22)3)28-15-19-6-4-5-7-23(19)27-28/h8-16,24,26H,4-7H2,1-3H3,(H,29,30). The first-order valence-electron chi connectivity index (χ1n) is 10.7. The van der Waals surface area contributed by atoms with Crippen molar-refractivity contribution in [2.45, 2.75) is 52.5 Å². The second-order valence-electron chi connectivity index (χ2n) is 8.54. The third-order valence-electron chi connectivity index (χ3n) is 5.96. The van der Waals surface area contributed by atoms with Gasteiger partial charge in [-0.25, -0.2) is 9.48 Å². The minimum Gasteiger partial charge on any atom is -0.478 e. The molecule has 0 aliphatic heterocycles. The monoisotopic (exact) mass is 403 g/mol. The Bertz CT molecular complexity index is 1030. The van der Waals surface area contributed by atoms with Crippen molar-refractivity contribution in [3.8, 4) is 5.69 Å². The Morgan fingerprint density at radius 2 is 1.83 bits per heavy atom. The quantitative estimate of drug-likeness (QED) is 0.565. The average molecular weight is 404 g/mol. The van der Waals surface area contributed by atoms with Crippen molar-refractivity contribution in [2.24, 2.45) is 5.92 Å². The van der Waals surface area contributed by atoms with E-state index in [0.29, 0.717) is 11.5 Å². The van der Waals surface area contributed by atoms with E-state index >= 15 is 0 Å². The molecule has 5 nitrogen and oxygen atoms in total. The third-order valence-corrected chi connectivity index (χ3v) is 5.96.